The summed E-state index contributed by atoms with van der Waals surface area (Å²) in [6.07, 6.45) is 2.83. The molecule has 13 nitrogen and oxygen atoms in total. The zero-order valence-electron chi connectivity index (χ0n) is 23.5. The van der Waals surface area contributed by atoms with E-state index in [2.05, 4.69) is 37.4 Å². The Hall–Kier alpha value is -5.53. The summed E-state index contributed by atoms with van der Waals surface area (Å²) < 4.78 is 17.7. The van der Waals surface area contributed by atoms with E-state index < -0.39 is 29.9 Å². The number of alkyl halides is 1. The van der Waals surface area contributed by atoms with Crippen molar-refractivity contribution >= 4 is 39.9 Å². The molecule has 1 saturated heterocycles. The first kappa shape index (κ1) is 29.0. The molecule has 4 aromatic rings. The summed E-state index contributed by atoms with van der Waals surface area (Å²) in [5, 5.41) is 23.1. The predicted molar refractivity (Wildman–Crippen MR) is 157 cm³/mol. The second-order valence-corrected chi connectivity index (χ2v) is 10.0. The molecule has 5 rings (SSSR count). The van der Waals surface area contributed by atoms with Gasteiger partial charge in [-0.2, -0.15) is 15.3 Å². The van der Waals surface area contributed by atoms with Gasteiger partial charge in [-0.1, -0.05) is 24.8 Å². The molecule has 2 unspecified atom stereocenters. The van der Waals surface area contributed by atoms with Crippen LogP contribution in [0.2, 0.25) is 0 Å². The molecular formula is C29H29FN10O3. The number of benzene rings is 2. The smallest absolute Gasteiger partial charge is 0.269 e. The lowest BCUT2D eigenvalue weighted by Gasteiger charge is -2.24. The number of anilines is 1. The Kier molecular flexibility index (Phi) is 8.18. The third-order valence-electron chi connectivity index (χ3n) is 7.13. The number of nitrogens with one attached hydrogen (secondary N) is 1. The molecule has 0 bridgehead atoms. The molecule has 1 fully saturated rings. The van der Waals surface area contributed by atoms with Crippen molar-refractivity contribution < 1.29 is 18.8 Å². The Labute approximate surface area is 245 Å². The fourth-order valence-electron chi connectivity index (χ4n) is 5.03. The SMILES string of the molecule is C=C/N=N\C=C(/C)c1ccc2c(c1)c(C(N)=O)nn2CC(=O)N1CC(F)CC1C(=O)Nc1ccccc1-c1nncn1C. The summed E-state index contributed by atoms with van der Waals surface area (Å²) in [6, 6.07) is 11.2. The second kappa shape index (κ2) is 12.1. The van der Waals surface area contributed by atoms with Gasteiger partial charge >= 0.3 is 0 Å². The van der Waals surface area contributed by atoms with Crippen LogP contribution in [0.1, 0.15) is 29.4 Å². The Morgan fingerprint density at radius 1 is 1.21 bits per heavy atom. The number of nitrogens with zero attached hydrogens (tertiary/aromatic N) is 8. The number of nitrogens with two attached hydrogens (primary N) is 1. The van der Waals surface area contributed by atoms with Gasteiger partial charge in [0.05, 0.1) is 23.9 Å². The zero-order valence-corrected chi connectivity index (χ0v) is 23.5. The van der Waals surface area contributed by atoms with Gasteiger partial charge in [0.2, 0.25) is 11.8 Å². The van der Waals surface area contributed by atoms with Gasteiger partial charge in [0.15, 0.2) is 11.5 Å². The summed E-state index contributed by atoms with van der Waals surface area (Å²) in [6.45, 7) is 4.71. The lowest BCUT2D eigenvalue weighted by atomic mass is 10.0. The highest BCUT2D eigenvalue weighted by molar-refractivity contribution is 6.05. The van der Waals surface area contributed by atoms with E-state index in [9.17, 15) is 18.8 Å². The van der Waals surface area contributed by atoms with Gasteiger partial charge < -0.3 is 20.5 Å². The van der Waals surface area contributed by atoms with E-state index in [1.165, 1.54) is 22.1 Å². The Bertz CT molecular complexity index is 1790. The van der Waals surface area contributed by atoms with Crippen molar-refractivity contribution in [2.75, 3.05) is 11.9 Å². The fraction of sp³-hybridized carbons (Fsp3) is 0.241. The Morgan fingerprint density at radius 3 is 2.72 bits per heavy atom. The molecule has 3 N–H and O–H groups in total. The number of halogens is 1. The molecule has 1 aliphatic rings. The number of amides is 3. The van der Waals surface area contributed by atoms with Crippen LogP contribution in [0, 0.1) is 0 Å². The van der Waals surface area contributed by atoms with Crippen molar-refractivity contribution in [2.24, 2.45) is 23.0 Å². The molecule has 2 atom stereocenters. The minimum absolute atomic E-state index is 0.0235. The maximum atomic E-state index is 14.7. The number of carbonyl (C=O) groups excluding carboxylic acids is 3. The molecule has 220 valence electrons. The number of azo groups is 1. The lowest BCUT2D eigenvalue weighted by molar-refractivity contribution is -0.137. The Morgan fingerprint density at radius 2 is 2.00 bits per heavy atom. The average molecular weight is 585 g/mol. The van der Waals surface area contributed by atoms with Crippen LogP contribution in [-0.4, -0.2) is 65.9 Å². The van der Waals surface area contributed by atoms with Crippen LogP contribution in [0.3, 0.4) is 0 Å². The standard InChI is InChI=1S/C29H29FN10O3/c1-4-32-33-13-17(2)18-9-10-23-21(11-18)26(27(31)42)37-40(23)15-25(41)39-14-19(30)12-24(39)29(43)35-22-8-6-5-7-20(22)28-36-34-16-38(28)3/h4-11,13,16,19,24H,1,12,14-15H2,2-3H3,(H2,31,42)(H,35,43)/b17-13+,33-32-. The van der Waals surface area contributed by atoms with Crippen molar-refractivity contribution in [1.29, 1.82) is 0 Å². The monoisotopic (exact) mass is 584 g/mol. The number of likely N-dealkylation sites (tertiary alicyclic amines) is 1. The lowest BCUT2D eigenvalue weighted by Crippen LogP contribution is -2.44. The summed E-state index contributed by atoms with van der Waals surface area (Å²) in [7, 11) is 1.77. The number of carbonyl (C=O) groups is 3. The molecule has 14 heteroatoms. The Balaban J connectivity index is 1.39. The van der Waals surface area contributed by atoms with Crippen LogP contribution in [-0.2, 0) is 23.2 Å². The normalized spacial score (nSPS) is 17.1. The second-order valence-electron chi connectivity index (χ2n) is 10.0. The maximum Gasteiger partial charge on any atom is 0.269 e. The number of fused-ring (bicyclic) bond motifs is 1. The van der Waals surface area contributed by atoms with Gasteiger partial charge in [0.25, 0.3) is 5.91 Å². The molecule has 1 aliphatic heterocycles. The highest BCUT2D eigenvalue weighted by Crippen LogP contribution is 2.29. The molecule has 3 amide bonds. The van der Waals surface area contributed by atoms with Crippen molar-refractivity contribution in [3.05, 3.63) is 79.0 Å². The maximum absolute atomic E-state index is 14.7. The van der Waals surface area contributed by atoms with E-state index in [0.717, 1.165) is 11.1 Å². The molecule has 0 saturated carbocycles. The number of para-hydroxylation sites is 1. The summed E-state index contributed by atoms with van der Waals surface area (Å²) in [5.41, 5.74) is 8.62. The van der Waals surface area contributed by atoms with Crippen LogP contribution < -0.4 is 11.1 Å². The van der Waals surface area contributed by atoms with Crippen LogP contribution in [0.25, 0.3) is 27.9 Å². The quantitative estimate of drug-likeness (QED) is 0.286. The number of hydrogen-bond acceptors (Lipinski definition) is 8. The first-order valence-electron chi connectivity index (χ1n) is 13.3. The van der Waals surface area contributed by atoms with Crippen LogP contribution in [0.5, 0.6) is 0 Å². The third-order valence-corrected chi connectivity index (χ3v) is 7.13. The number of primary amides is 1. The van der Waals surface area contributed by atoms with Gasteiger partial charge in [-0.15, -0.1) is 10.2 Å². The minimum atomic E-state index is -1.39. The first-order valence-corrected chi connectivity index (χ1v) is 13.3. The number of allylic oxidation sites excluding steroid dienone is 1. The van der Waals surface area contributed by atoms with Crippen LogP contribution in [0.4, 0.5) is 10.1 Å². The predicted octanol–water partition coefficient (Wildman–Crippen LogP) is 3.46. The number of aryl methyl sites for hydroxylation is 1. The first-order chi connectivity index (χ1) is 20.7. The van der Waals surface area contributed by atoms with E-state index in [4.69, 9.17) is 5.73 Å². The largest absolute Gasteiger partial charge is 0.364 e. The van der Waals surface area contributed by atoms with Gasteiger partial charge in [-0.25, -0.2) is 4.39 Å². The molecule has 2 aromatic carbocycles. The topological polar surface area (TPSA) is 166 Å². The zero-order chi connectivity index (χ0) is 30.7. The average Bonchev–Trinajstić information content (AvgIpc) is 3.70. The number of rotatable bonds is 9. The minimum Gasteiger partial charge on any atom is -0.364 e. The van der Waals surface area contributed by atoms with Crippen molar-refractivity contribution in [3.63, 3.8) is 0 Å². The number of aromatic nitrogens is 5. The molecular weight excluding hydrogens is 555 g/mol. The van der Waals surface area contributed by atoms with Gasteiger partial charge in [0, 0.05) is 30.6 Å². The number of hydrogen-bond donors (Lipinski definition) is 2. The molecule has 3 heterocycles. The summed E-state index contributed by atoms with van der Waals surface area (Å²) >= 11 is 0. The van der Waals surface area contributed by atoms with Crippen LogP contribution in [0.15, 0.2) is 78.0 Å². The van der Waals surface area contributed by atoms with Crippen molar-refractivity contribution in [2.45, 2.75) is 32.1 Å². The summed E-state index contributed by atoms with van der Waals surface area (Å²) in [4.78, 5) is 40.4. The highest BCUT2D eigenvalue weighted by atomic mass is 19.1. The molecule has 0 radical (unpaired) electrons. The van der Waals surface area contributed by atoms with E-state index in [1.54, 1.807) is 60.3 Å². The highest BCUT2D eigenvalue weighted by Gasteiger charge is 2.40. The molecule has 0 aliphatic carbocycles. The molecule has 2 aromatic heterocycles. The van der Waals surface area contributed by atoms with E-state index in [0.29, 0.717) is 28.0 Å². The summed E-state index contributed by atoms with van der Waals surface area (Å²) in [5.74, 6) is -1.31. The molecule has 43 heavy (non-hydrogen) atoms. The van der Waals surface area contributed by atoms with E-state index >= 15 is 0 Å². The van der Waals surface area contributed by atoms with Crippen molar-refractivity contribution in [1.82, 2.24) is 29.4 Å². The fourth-order valence-corrected chi connectivity index (χ4v) is 5.03. The van der Waals surface area contributed by atoms with Gasteiger partial charge in [-0.3, -0.25) is 19.1 Å². The van der Waals surface area contributed by atoms with Gasteiger partial charge in [0.1, 0.15) is 25.1 Å². The van der Waals surface area contributed by atoms with E-state index in [1.807, 2.05) is 6.92 Å². The van der Waals surface area contributed by atoms with Crippen LogP contribution >= 0.6 is 0 Å². The van der Waals surface area contributed by atoms with Gasteiger partial charge in [-0.05, 0) is 42.3 Å². The molecule has 0 spiro atoms. The van der Waals surface area contributed by atoms with E-state index in [-0.39, 0.29) is 25.2 Å². The van der Waals surface area contributed by atoms with Crippen molar-refractivity contribution in [3.8, 4) is 11.4 Å². The third kappa shape index (κ3) is 5.93.